The molecule has 3 aromatic rings. The Morgan fingerprint density at radius 1 is 0.857 bits per heavy atom. The van der Waals surface area contributed by atoms with Gasteiger partial charge in [-0.15, -0.1) is 0 Å². The van der Waals surface area contributed by atoms with Crippen molar-refractivity contribution in [1.29, 1.82) is 0 Å². The van der Waals surface area contributed by atoms with Gasteiger partial charge in [-0.2, -0.15) is 0 Å². The van der Waals surface area contributed by atoms with Crippen molar-refractivity contribution in [2.45, 2.75) is 6.42 Å². The molecule has 0 spiro atoms. The van der Waals surface area contributed by atoms with Gasteiger partial charge in [0, 0.05) is 22.7 Å². The second kappa shape index (κ2) is 9.15. The highest BCUT2D eigenvalue weighted by Crippen LogP contribution is 2.15. The largest absolute Gasteiger partial charge is 0.352 e. The Kier molecular flexibility index (Phi) is 6.40. The molecule has 0 atom stereocenters. The van der Waals surface area contributed by atoms with Crippen molar-refractivity contribution in [1.82, 2.24) is 5.32 Å². The number of hydrogen-bond acceptors (Lipinski definition) is 2. The van der Waals surface area contributed by atoms with E-state index in [9.17, 15) is 14.0 Å². The number of rotatable bonds is 6. The summed E-state index contributed by atoms with van der Waals surface area (Å²) in [5, 5.41) is 6.00. The van der Waals surface area contributed by atoms with Crippen LogP contribution in [0.2, 0.25) is 5.02 Å². The SMILES string of the molecule is O=C(NCCc1cccc(Cl)c1)c1ccc(C(=O)Nc2ccccc2F)cc1. The molecular formula is C22H18ClFN2O2. The smallest absolute Gasteiger partial charge is 0.255 e. The summed E-state index contributed by atoms with van der Waals surface area (Å²) in [6.45, 7) is 0.467. The van der Waals surface area contributed by atoms with Crippen molar-refractivity contribution >= 4 is 29.1 Å². The Morgan fingerprint density at radius 3 is 2.21 bits per heavy atom. The van der Waals surface area contributed by atoms with Crippen LogP contribution in [0.3, 0.4) is 0 Å². The summed E-state index contributed by atoms with van der Waals surface area (Å²) >= 11 is 5.94. The lowest BCUT2D eigenvalue weighted by atomic mass is 10.1. The zero-order valence-electron chi connectivity index (χ0n) is 14.9. The number of amides is 2. The number of nitrogens with one attached hydrogen (secondary N) is 2. The van der Waals surface area contributed by atoms with Crippen molar-refractivity contribution in [3.05, 3.63) is 100 Å². The molecule has 4 nitrogen and oxygen atoms in total. The molecule has 0 unspecified atom stereocenters. The van der Waals surface area contributed by atoms with Crippen molar-refractivity contribution in [2.75, 3.05) is 11.9 Å². The Labute approximate surface area is 167 Å². The van der Waals surface area contributed by atoms with Gasteiger partial charge in [0.05, 0.1) is 5.69 Å². The van der Waals surface area contributed by atoms with Gasteiger partial charge in [0.2, 0.25) is 0 Å². The molecule has 2 N–H and O–H groups in total. The number of carbonyl (C=O) groups is 2. The van der Waals surface area contributed by atoms with E-state index in [-0.39, 0.29) is 11.6 Å². The van der Waals surface area contributed by atoms with E-state index in [2.05, 4.69) is 10.6 Å². The number of carbonyl (C=O) groups excluding carboxylic acids is 2. The maximum atomic E-state index is 13.6. The van der Waals surface area contributed by atoms with Crippen LogP contribution in [-0.2, 0) is 6.42 Å². The molecule has 28 heavy (non-hydrogen) atoms. The third-order valence-corrected chi connectivity index (χ3v) is 4.35. The Morgan fingerprint density at radius 2 is 1.54 bits per heavy atom. The summed E-state index contributed by atoms with van der Waals surface area (Å²) in [5.41, 5.74) is 1.91. The predicted octanol–water partition coefficient (Wildman–Crippen LogP) is 4.70. The standard InChI is InChI=1S/C22H18ClFN2O2/c23-18-5-3-4-15(14-18)12-13-25-21(27)16-8-10-17(11-9-16)22(28)26-20-7-2-1-6-19(20)24/h1-11,14H,12-13H2,(H,25,27)(H,26,28). The van der Waals surface area contributed by atoms with Crippen LogP contribution < -0.4 is 10.6 Å². The van der Waals surface area contributed by atoms with E-state index in [1.165, 1.54) is 24.3 Å². The highest BCUT2D eigenvalue weighted by molar-refractivity contribution is 6.30. The average molecular weight is 397 g/mol. The molecule has 3 rings (SSSR count). The molecular weight excluding hydrogens is 379 g/mol. The lowest BCUT2D eigenvalue weighted by molar-refractivity contribution is 0.0952. The molecule has 2 amide bonds. The van der Waals surface area contributed by atoms with Crippen molar-refractivity contribution < 1.29 is 14.0 Å². The van der Waals surface area contributed by atoms with Gasteiger partial charge in [0.25, 0.3) is 11.8 Å². The van der Waals surface area contributed by atoms with E-state index >= 15 is 0 Å². The van der Waals surface area contributed by atoms with Gasteiger partial charge in [0.1, 0.15) is 5.82 Å². The molecule has 0 aromatic heterocycles. The molecule has 0 aliphatic heterocycles. The van der Waals surface area contributed by atoms with Crippen molar-refractivity contribution in [2.24, 2.45) is 0 Å². The summed E-state index contributed by atoms with van der Waals surface area (Å²) in [6.07, 6.45) is 0.662. The number of halogens is 2. The van der Waals surface area contributed by atoms with Gasteiger partial charge in [-0.25, -0.2) is 4.39 Å². The number of para-hydroxylation sites is 1. The third-order valence-electron chi connectivity index (χ3n) is 4.12. The van der Waals surface area contributed by atoms with Crippen LogP contribution in [0.5, 0.6) is 0 Å². The molecule has 0 saturated heterocycles. The Balaban J connectivity index is 1.55. The van der Waals surface area contributed by atoms with E-state index in [4.69, 9.17) is 11.6 Å². The first-order valence-electron chi connectivity index (χ1n) is 8.71. The molecule has 0 heterocycles. The zero-order valence-corrected chi connectivity index (χ0v) is 15.7. The minimum absolute atomic E-state index is 0.107. The summed E-state index contributed by atoms with van der Waals surface area (Å²) in [6, 6.07) is 19.6. The first-order chi connectivity index (χ1) is 13.5. The van der Waals surface area contributed by atoms with Gasteiger partial charge in [0.15, 0.2) is 0 Å². The first-order valence-corrected chi connectivity index (χ1v) is 9.09. The Bertz CT molecular complexity index is 990. The number of benzene rings is 3. The van der Waals surface area contributed by atoms with E-state index in [0.717, 1.165) is 5.56 Å². The lowest BCUT2D eigenvalue weighted by Crippen LogP contribution is -2.25. The molecule has 0 saturated carbocycles. The number of hydrogen-bond donors (Lipinski definition) is 2. The maximum absolute atomic E-state index is 13.6. The van der Waals surface area contributed by atoms with E-state index in [0.29, 0.717) is 29.1 Å². The fourth-order valence-electron chi connectivity index (χ4n) is 2.64. The molecule has 0 bridgehead atoms. The fourth-order valence-corrected chi connectivity index (χ4v) is 2.86. The molecule has 0 aliphatic rings. The van der Waals surface area contributed by atoms with Crippen LogP contribution in [-0.4, -0.2) is 18.4 Å². The number of anilines is 1. The third kappa shape index (κ3) is 5.18. The molecule has 6 heteroatoms. The van der Waals surface area contributed by atoms with E-state index in [1.54, 1.807) is 30.3 Å². The van der Waals surface area contributed by atoms with Crippen LogP contribution in [0.4, 0.5) is 10.1 Å². The van der Waals surface area contributed by atoms with Crippen molar-refractivity contribution in [3.63, 3.8) is 0 Å². The second-order valence-electron chi connectivity index (χ2n) is 6.15. The van der Waals surface area contributed by atoms with Crippen LogP contribution in [0.25, 0.3) is 0 Å². The van der Waals surface area contributed by atoms with Crippen molar-refractivity contribution in [3.8, 4) is 0 Å². The molecule has 3 aromatic carbocycles. The quantitative estimate of drug-likeness (QED) is 0.634. The molecule has 0 radical (unpaired) electrons. The van der Waals surface area contributed by atoms with Gasteiger partial charge >= 0.3 is 0 Å². The van der Waals surface area contributed by atoms with Crippen LogP contribution in [0, 0.1) is 5.82 Å². The fraction of sp³-hybridized carbons (Fsp3) is 0.0909. The highest BCUT2D eigenvalue weighted by atomic mass is 35.5. The minimum atomic E-state index is -0.508. The molecule has 0 fully saturated rings. The van der Waals surface area contributed by atoms with Gasteiger partial charge < -0.3 is 10.6 Å². The summed E-state index contributed by atoms with van der Waals surface area (Å²) in [5.74, 6) is -1.19. The van der Waals surface area contributed by atoms with Gasteiger partial charge in [-0.05, 0) is 60.5 Å². The average Bonchev–Trinajstić information content (AvgIpc) is 2.70. The topological polar surface area (TPSA) is 58.2 Å². The monoisotopic (exact) mass is 396 g/mol. The van der Waals surface area contributed by atoms with Crippen LogP contribution >= 0.6 is 11.6 Å². The minimum Gasteiger partial charge on any atom is -0.352 e. The molecule has 142 valence electrons. The summed E-state index contributed by atoms with van der Waals surface area (Å²) in [4.78, 5) is 24.4. The predicted molar refractivity (Wildman–Crippen MR) is 108 cm³/mol. The van der Waals surface area contributed by atoms with E-state index in [1.807, 2.05) is 18.2 Å². The first kappa shape index (κ1) is 19.6. The molecule has 0 aliphatic carbocycles. The van der Waals surface area contributed by atoms with Gasteiger partial charge in [-0.3, -0.25) is 9.59 Å². The van der Waals surface area contributed by atoms with Gasteiger partial charge in [-0.1, -0.05) is 35.9 Å². The maximum Gasteiger partial charge on any atom is 0.255 e. The normalized spacial score (nSPS) is 10.4. The van der Waals surface area contributed by atoms with Crippen LogP contribution in [0.1, 0.15) is 26.3 Å². The summed E-state index contributed by atoms with van der Waals surface area (Å²) < 4.78 is 13.6. The summed E-state index contributed by atoms with van der Waals surface area (Å²) in [7, 11) is 0. The lowest BCUT2D eigenvalue weighted by Gasteiger charge is -2.08. The second-order valence-corrected chi connectivity index (χ2v) is 6.58. The Hall–Kier alpha value is -3.18. The zero-order chi connectivity index (χ0) is 19.9. The van der Waals surface area contributed by atoms with Crippen LogP contribution in [0.15, 0.2) is 72.8 Å². The highest BCUT2D eigenvalue weighted by Gasteiger charge is 2.11. The van der Waals surface area contributed by atoms with E-state index < -0.39 is 11.7 Å².